The molecule has 0 bridgehead atoms. The molecule has 3 aromatic rings. The summed E-state index contributed by atoms with van der Waals surface area (Å²) in [7, 11) is 0. The zero-order valence-electron chi connectivity index (χ0n) is 9.52. The third-order valence-electron chi connectivity index (χ3n) is 2.94. The van der Waals surface area contributed by atoms with Crippen molar-refractivity contribution in [2.24, 2.45) is 0 Å². The van der Waals surface area contributed by atoms with Crippen molar-refractivity contribution >= 4 is 11.0 Å². The Bertz CT molecular complexity index is 706. The average Bonchev–Trinajstić information content (AvgIpc) is 2.78. The minimum atomic E-state index is -0.592. The molecule has 0 aliphatic heterocycles. The lowest BCUT2D eigenvalue weighted by Crippen LogP contribution is -1.88. The van der Waals surface area contributed by atoms with E-state index < -0.39 is 5.82 Å². The van der Waals surface area contributed by atoms with Gasteiger partial charge in [-0.25, -0.2) is 9.37 Å². The molecule has 2 heterocycles. The van der Waals surface area contributed by atoms with E-state index >= 15 is 0 Å². The third kappa shape index (κ3) is 1.82. The number of phenols is 1. The van der Waals surface area contributed by atoms with Crippen molar-refractivity contribution in [2.75, 3.05) is 0 Å². The summed E-state index contributed by atoms with van der Waals surface area (Å²) in [6.45, 7) is 0. The summed E-state index contributed by atoms with van der Waals surface area (Å²) in [4.78, 5) is 7.29. The minimum Gasteiger partial charge on any atom is -0.505 e. The van der Waals surface area contributed by atoms with E-state index in [4.69, 9.17) is 5.11 Å². The van der Waals surface area contributed by atoms with Gasteiger partial charge < -0.3 is 10.1 Å². The molecule has 18 heavy (non-hydrogen) atoms. The number of phenolic OH excluding ortho intramolecular Hbond substituents is 1. The molecule has 0 fully saturated rings. The van der Waals surface area contributed by atoms with E-state index in [0.717, 1.165) is 22.2 Å². The fourth-order valence-electron chi connectivity index (χ4n) is 2.04. The summed E-state index contributed by atoms with van der Waals surface area (Å²) in [5.41, 5.74) is 2.70. The van der Waals surface area contributed by atoms with Crippen LogP contribution in [-0.4, -0.2) is 15.1 Å². The molecule has 2 aromatic heterocycles. The first-order valence-electron chi connectivity index (χ1n) is 5.62. The molecule has 0 aliphatic rings. The smallest absolute Gasteiger partial charge is 0.165 e. The predicted molar refractivity (Wildman–Crippen MR) is 67.0 cm³/mol. The number of pyridine rings is 1. The van der Waals surface area contributed by atoms with Gasteiger partial charge in [0.1, 0.15) is 5.65 Å². The number of nitrogens with one attached hydrogen (secondary N) is 1. The van der Waals surface area contributed by atoms with Crippen molar-refractivity contribution in [3.8, 4) is 5.75 Å². The van der Waals surface area contributed by atoms with Crippen LogP contribution >= 0.6 is 0 Å². The molecule has 0 radical (unpaired) electrons. The number of fused-ring (bicyclic) bond motifs is 1. The van der Waals surface area contributed by atoms with Gasteiger partial charge in [-0.3, -0.25) is 0 Å². The molecule has 0 atom stereocenters. The van der Waals surface area contributed by atoms with E-state index in [1.165, 1.54) is 12.1 Å². The number of hydrogen-bond donors (Lipinski definition) is 2. The van der Waals surface area contributed by atoms with Crippen molar-refractivity contribution in [1.82, 2.24) is 9.97 Å². The monoisotopic (exact) mass is 242 g/mol. The van der Waals surface area contributed by atoms with Crippen molar-refractivity contribution in [1.29, 1.82) is 0 Å². The third-order valence-corrected chi connectivity index (χ3v) is 2.94. The maximum absolute atomic E-state index is 13.3. The molecule has 0 saturated heterocycles. The lowest BCUT2D eigenvalue weighted by molar-refractivity contribution is 0.432. The second kappa shape index (κ2) is 4.14. The fraction of sp³-hybridized carbons (Fsp3) is 0.0714. The molecule has 3 nitrogen and oxygen atoms in total. The Balaban J connectivity index is 1.98. The van der Waals surface area contributed by atoms with Crippen molar-refractivity contribution in [3.05, 3.63) is 59.7 Å². The van der Waals surface area contributed by atoms with Gasteiger partial charge in [0, 0.05) is 17.8 Å². The topological polar surface area (TPSA) is 48.9 Å². The van der Waals surface area contributed by atoms with Crippen LogP contribution in [-0.2, 0) is 6.42 Å². The van der Waals surface area contributed by atoms with E-state index in [2.05, 4.69) is 9.97 Å². The molecule has 3 rings (SSSR count). The zero-order valence-corrected chi connectivity index (χ0v) is 9.52. The standard InChI is InChI=1S/C14H11FN2O/c15-12-7-9(3-4-13(12)18)6-10-8-17-14-11(10)2-1-5-16-14/h1-5,7-8,18H,6H2,(H,16,17). The second-order valence-electron chi connectivity index (χ2n) is 4.18. The highest BCUT2D eigenvalue weighted by atomic mass is 19.1. The lowest BCUT2D eigenvalue weighted by atomic mass is 10.0. The molecule has 1 aromatic carbocycles. The van der Waals surface area contributed by atoms with Gasteiger partial charge >= 0.3 is 0 Å². The number of hydrogen-bond acceptors (Lipinski definition) is 2. The molecule has 2 N–H and O–H groups in total. The number of rotatable bonds is 2. The second-order valence-corrected chi connectivity index (χ2v) is 4.18. The average molecular weight is 242 g/mol. The Morgan fingerprint density at radius 3 is 3.00 bits per heavy atom. The van der Waals surface area contributed by atoms with Crippen LogP contribution in [0.1, 0.15) is 11.1 Å². The molecule has 90 valence electrons. The predicted octanol–water partition coefficient (Wildman–Crippen LogP) is 3.00. The molecular weight excluding hydrogens is 231 g/mol. The van der Waals surface area contributed by atoms with Gasteiger partial charge in [0.2, 0.25) is 0 Å². The summed E-state index contributed by atoms with van der Waals surface area (Å²) in [6, 6.07) is 8.29. The van der Waals surface area contributed by atoms with Gasteiger partial charge in [0.25, 0.3) is 0 Å². The van der Waals surface area contributed by atoms with Crippen LogP contribution in [0.15, 0.2) is 42.7 Å². The SMILES string of the molecule is Oc1ccc(Cc2c[nH]c3ncccc23)cc1F. The molecular formula is C14H11FN2O. The molecule has 0 aliphatic carbocycles. The first-order chi connectivity index (χ1) is 8.74. The molecule has 0 saturated carbocycles. The van der Waals surface area contributed by atoms with Gasteiger partial charge in [-0.2, -0.15) is 0 Å². The number of benzene rings is 1. The van der Waals surface area contributed by atoms with Gasteiger partial charge in [-0.05, 0) is 41.8 Å². The van der Waals surface area contributed by atoms with E-state index in [-0.39, 0.29) is 5.75 Å². The van der Waals surface area contributed by atoms with Crippen LogP contribution in [0.5, 0.6) is 5.75 Å². The van der Waals surface area contributed by atoms with Gasteiger partial charge in [0.15, 0.2) is 11.6 Å². The summed E-state index contributed by atoms with van der Waals surface area (Å²) in [5, 5.41) is 10.2. The summed E-state index contributed by atoms with van der Waals surface area (Å²) in [6.07, 6.45) is 4.20. The lowest BCUT2D eigenvalue weighted by Gasteiger charge is -2.02. The number of H-pyrrole nitrogens is 1. The molecule has 0 amide bonds. The Kier molecular flexibility index (Phi) is 2.48. The normalized spacial score (nSPS) is 10.9. The van der Waals surface area contributed by atoms with Crippen LogP contribution in [0.3, 0.4) is 0 Å². The summed E-state index contributed by atoms with van der Waals surface area (Å²) >= 11 is 0. The van der Waals surface area contributed by atoms with Crippen molar-refractivity contribution < 1.29 is 9.50 Å². The van der Waals surface area contributed by atoms with Gasteiger partial charge in [-0.1, -0.05) is 6.07 Å². The summed E-state index contributed by atoms with van der Waals surface area (Å²) < 4.78 is 13.3. The molecule has 4 heteroatoms. The number of halogens is 1. The van der Waals surface area contributed by atoms with Crippen LogP contribution in [0.25, 0.3) is 11.0 Å². The van der Waals surface area contributed by atoms with Gasteiger partial charge in [-0.15, -0.1) is 0 Å². The first-order valence-corrected chi connectivity index (χ1v) is 5.62. The number of aromatic nitrogens is 2. The Morgan fingerprint density at radius 2 is 2.17 bits per heavy atom. The number of nitrogens with zero attached hydrogens (tertiary/aromatic N) is 1. The van der Waals surface area contributed by atoms with E-state index in [0.29, 0.717) is 6.42 Å². The fourth-order valence-corrected chi connectivity index (χ4v) is 2.04. The van der Waals surface area contributed by atoms with E-state index in [1.807, 2.05) is 18.3 Å². The zero-order chi connectivity index (χ0) is 12.5. The Morgan fingerprint density at radius 1 is 1.28 bits per heavy atom. The van der Waals surface area contributed by atoms with Crippen LogP contribution < -0.4 is 0 Å². The van der Waals surface area contributed by atoms with Crippen molar-refractivity contribution in [3.63, 3.8) is 0 Å². The first kappa shape index (κ1) is 10.8. The molecule has 0 unspecified atom stereocenters. The number of aromatic hydroxyl groups is 1. The van der Waals surface area contributed by atoms with Crippen LogP contribution in [0.2, 0.25) is 0 Å². The van der Waals surface area contributed by atoms with E-state index in [9.17, 15) is 4.39 Å². The van der Waals surface area contributed by atoms with Crippen molar-refractivity contribution in [2.45, 2.75) is 6.42 Å². The maximum Gasteiger partial charge on any atom is 0.165 e. The van der Waals surface area contributed by atoms with Crippen LogP contribution in [0.4, 0.5) is 4.39 Å². The summed E-state index contributed by atoms with van der Waals surface area (Å²) in [5.74, 6) is -0.912. The quantitative estimate of drug-likeness (QED) is 0.725. The highest BCUT2D eigenvalue weighted by molar-refractivity contribution is 5.79. The highest BCUT2D eigenvalue weighted by Gasteiger charge is 2.07. The highest BCUT2D eigenvalue weighted by Crippen LogP contribution is 2.22. The van der Waals surface area contributed by atoms with E-state index in [1.54, 1.807) is 12.3 Å². The largest absolute Gasteiger partial charge is 0.505 e. The Labute approximate surface area is 103 Å². The number of aromatic amines is 1. The minimum absolute atomic E-state index is 0.320. The molecule has 0 spiro atoms. The Hall–Kier alpha value is -2.36. The maximum atomic E-state index is 13.3. The van der Waals surface area contributed by atoms with Gasteiger partial charge in [0.05, 0.1) is 0 Å². The van der Waals surface area contributed by atoms with Crippen LogP contribution in [0, 0.1) is 5.82 Å².